The summed E-state index contributed by atoms with van der Waals surface area (Å²) in [5, 5.41) is 3.38. The quantitative estimate of drug-likeness (QED) is 0.771. The Morgan fingerprint density at radius 1 is 1.26 bits per heavy atom. The van der Waals surface area contributed by atoms with Crippen LogP contribution in [0.2, 0.25) is 0 Å². The van der Waals surface area contributed by atoms with E-state index in [4.69, 9.17) is 0 Å². The van der Waals surface area contributed by atoms with Crippen LogP contribution in [0, 0.1) is 12.9 Å². The van der Waals surface area contributed by atoms with E-state index in [1.165, 1.54) is 4.40 Å². The molecule has 27 heavy (non-hydrogen) atoms. The number of hydrogen-bond acceptors (Lipinski definition) is 4. The van der Waals surface area contributed by atoms with Gasteiger partial charge in [-0.1, -0.05) is 0 Å². The molecular formula is C18H26Cl2FN5O. The van der Waals surface area contributed by atoms with Crippen LogP contribution in [0.25, 0.3) is 5.65 Å². The molecule has 0 saturated carbocycles. The van der Waals surface area contributed by atoms with E-state index in [9.17, 15) is 9.18 Å². The Morgan fingerprint density at radius 2 is 1.96 bits per heavy atom. The third-order valence-corrected chi connectivity index (χ3v) is 5.75. The van der Waals surface area contributed by atoms with Gasteiger partial charge in [0.25, 0.3) is 5.91 Å². The molecule has 4 heterocycles. The van der Waals surface area contributed by atoms with Gasteiger partial charge in [-0.05, 0) is 57.6 Å². The van der Waals surface area contributed by atoms with E-state index >= 15 is 0 Å². The molecule has 4 rings (SSSR count). The van der Waals surface area contributed by atoms with Crippen molar-refractivity contribution >= 4 is 36.4 Å². The van der Waals surface area contributed by atoms with E-state index < -0.39 is 5.95 Å². The number of piperazine rings is 1. The number of aromatic nitrogens is 2. The molecule has 1 N–H and O–H groups in total. The zero-order valence-corrected chi connectivity index (χ0v) is 17.2. The molecule has 2 aliphatic heterocycles. The molecule has 1 spiro atoms. The van der Waals surface area contributed by atoms with Gasteiger partial charge >= 0.3 is 0 Å². The van der Waals surface area contributed by atoms with Crippen molar-refractivity contribution in [3.63, 3.8) is 0 Å². The summed E-state index contributed by atoms with van der Waals surface area (Å²) in [6.45, 7) is 5.88. The maximum atomic E-state index is 14.7. The number of carbonyl (C=O) groups excluding carboxylic acids is 1. The first kappa shape index (κ1) is 21.9. The number of pyridine rings is 1. The maximum Gasteiger partial charge on any atom is 0.277 e. The van der Waals surface area contributed by atoms with Crippen LogP contribution >= 0.6 is 24.8 Å². The van der Waals surface area contributed by atoms with Gasteiger partial charge in [-0.3, -0.25) is 14.1 Å². The lowest BCUT2D eigenvalue weighted by Gasteiger charge is -2.51. The molecule has 9 heteroatoms. The van der Waals surface area contributed by atoms with Gasteiger partial charge < -0.3 is 10.2 Å². The van der Waals surface area contributed by atoms with Crippen LogP contribution in [0.3, 0.4) is 0 Å². The number of aryl methyl sites for hydroxylation is 1. The molecule has 0 aliphatic carbocycles. The van der Waals surface area contributed by atoms with E-state index in [0.717, 1.165) is 38.0 Å². The Kier molecular flexibility index (Phi) is 6.73. The van der Waals surface area contributed by atoms with Crippen LogP contribution in [0.4, 0.5) is 4.39 Å². The van der Waals surface area contributed by atoms with Crippen molar-refractivity contribution in [2.24, 2.45) is 0 Å². The fraction of sp³-hybridized carbons (Fsp3) is 0.556. The number of fused-ring (bicyclic) bond motifs is 1. The minimum atomic E-state index is -0.571. The lowest BCUT2D eigenvalue weighted by atomic mass is 9.84. The number of likely N-dealkylation sites (N-methyl/N-ethyl adjacent to an activating group) is 1. The predicted octanol–water partition coefficient (Wildman–Crippen LogP) is 2.14. The zero-order valence-electron chi connectivity index (χ0n) is 15.6. The number of nitrogens with zero attached hydrogens (tertiary/aromatic N) is 4. The number of imidazole rings is 1. The lowest BCUT2D eigenvalue weighted by Crippen LogP contribution is -2.65. The van der Waals surface area contributed by atoms with Gasteiger partial charge in [-0.15, -0.1) is 24.8 Å². The normalized spacial score (nSPS) is 19.6. The third kappa shape index (κ3) is 3.78. The second kappa shape index (κ2) is 8.31. The minimum absolute atomic E-state index is 0. The van der Waals surface area contributed by atoms with Crippen LogP contribution in [0.1, 0.15) is 28.9 Å². The second-order valence-corrected chi connectivity index (χ2v) is 7.31. The predicted molar refractivity (Wildman–Crippen MR) is 108 cm³/mol. The molecule has 2 saturated heterocycles. The van der Waals surface area contributed by atoms with Crippen LogP contribution in [-0.2, 0) is 0 Å². The van der Waals surface area contributed by atoms with Gasteiger partial charge in [0.15, 0.2) is 5.69 Å². The van der Waals surface area contributed by atoms with E-state index in [2.05, 4.69) is 22.2 Å². The highest BCUT2D eigenvalue weighted by Gasteiger charge is 2.42. The minimum Gasteiger partial charge on any atom is -0.334 e. The van der Waals surface area contributed by atoms with Crippen molar-refractivity contribution < 1.29 is 9.18 Å². The summed E-state index contributed by atoms with van der Waals surface area (Å²) in [4.78, 5) is 21.4. The molecule has 2 fully saturated rings. The van der Waals surface area contributed by atoms with E-state index in [1.54, 1.807) is 17.2 Å². The summed E-state index contributed by atoms with van der Waals surface area (Å²) in [5.74, 6) is -0.872. The second-order valence-electron chi connectivity index (χ2n) is 7.31. The summed E-state index contributed by atoms with van der Waals surface area (Å²) < 4.78 is 16.1. The van der Waals surface area contributed by atoms with Gasteiger partial charge in [0.2, 0.25) is 5.95 Å². The van der Waals surface area contributed by atoms with E-state index in [-0.39, 0.29) is 42.0 Å². The molecule has 150 valence electrons. The Morgan fingerprint density at radius 3 is 2.67 bits per heavy atom. The first-order valence-corrected chi connectivity index (χ1v) is 8.86. The van der Waals surface area contributed by atoms with Crippen LogP contribution in [0.15, 0.2) is 18.3 Å². The van der Waals surface area contributed by atoms with Crippen LogP contribution in [0.5, 0.6) is 0 Å². The number of rotatable bonds is 1. The summed E-state index contributed by atoms with van der Waals surface area (Å²) in [6.07, 6.45) is 3.63. The van der Waals surface area contributed by atoms with Crippen molar-refractivity contribution in [2.45, 2.75) is 25.3 Å². The molecule has 0 radical (unpaired) electrons. The summed E-state index contributed by atoms with van der Waals surface area (Å²) >= 11 is 0. The third-order valence-electron chi connectivity index (χ3n) is 5.75. The SMILES string of the molecule is Cc1ccn2c(F)c(C(=O)N3CCN(C)C4(CCNCC4)C3)nc2c1.Cl.Cl. The van der Waals surface area contributed by atoms with Crippen LogP contribution in [-0.4, -0.2) is 70.4 Å². The first-order chi connectivity index (χ1) is 12.0. The lowest BCUT2D eigenvalue weighted by molar-refractivity contribution is -0.00142. The number of amides is 1. The van der Waals surface area contributed by atoms with Gasteiger partial charge in [-0.25, -0.2) is 4.98 Å². The molecular weight excluding hydrogens is 392 g/mol. The van der Waals surface area contributed by atoms with Crippen molar-refractivity contribution in [1.82, 2.24) is 24.5 Å². The monoisotopic (exact) mass is 417 g/mol. The van der Waals surface area contributed by atoms with Crippen molar-refractivity contribution in [1.29, 1.82) is 0 Å². The largest absolute Gasteiger partial charge is 0.334 e. The molecule has 0 atom stereocenters. The van der Waals surface area contributed by atoms with E-state index in [0.29, 0.717) is 18.7 Å². The number of carbonyl (C=O) groups is 1. The fourth-order valence-corrected chi connectivity index (χ4v) is 4.07. The standard InChI is InChI=1S/C18H24FN5O.2ClH/c1-13-3-8-24-14(11-13)21-15(16(24)19)17(25)23-10-9-22(2)18(12-23)4-6-20-7-5-18;;/h3,8,11,20H,4-7,9-10,12H2,1-2H3;2*1H. The van der Waals surface area contributed by atoms with E-state index in [1.807, 2.05) is 13.0 Å². The van der Waals surface area contributed by atoms with Gasteiger partial charge in [0.1, 0.15) is 5.65 Å². The average molecular weight is 418 g/mol. The summed E-state index contributed by atoms with van der Waals surface area (Å²) in [5.41, 5.74) is 1.39. The highest BCUT2D eigenvalue weighted by Crippen LogP contribution is 2.30. The number of halogens is 3. The van der Waals surface area contributed by atoms with Gasteiger partial charge in [-0.2, -0.15) is 4.39 Å². The van der Waals surface area contributed by atoms with Crippen molar-refractivity contribution in [3.8, 4) is 0 Å². The van der Waals surface area contributed by atoms with Gasteiger partial charge in [0, 0.05) is 31.4 Å². The maximum absolute atomic E-state index is 14.7. The molecule has 2 aromatic rings. The Labute approximate surface area is 170 Å². The molecule has 0 bridgehead atoms. The molecule has 0 unspecified atom stereocenters. The first-order valence-electron chi connectivity index (χ1n) is 8.86. The fourth-order valence-electron chi connectivity index (χ4n) is 4.07. The Balaban J connectivity index is 0.00000131. The summed E-state index contributed by atoms with van der Waals surface area (Å²) in [6, 6.07) is 3.60. The van der Waals surface area contributed by atoms with Crippen molar-refractivity contribution in [2.75, 3.05) is 39.8 Å². The van der Waals surface area contributed by atoms with Gasteiger partial charge in [0.05, 0.1) is 0 Å². The Bertz CT molecular complexity index is 821. The molecule has 2 aromatic heterocycles. The number of piperidine rings is 1. The highest BCUT2D eigenvalue weighted by atomic mass is 35.5. The molecule has 0 aromatic carbocycles. The number of nitrogens with one attached hydrogen (secondary N) is 1. The highest BCUT2D eigenvalue weighted by molar-refractivity contribution is 5.93. The smallest absolute Gasteiger partial charge is 0.277 e. The average Bonchev–Trinajstić information content (AvgIpc) is 2.93. The topological polar surface area (TPSA) is 52.9 Å². The molecule has 2 aliphatic rings. The zero-order chi connectivity index (χ0) is 17.6. The number of hydrogen-bond donors (Lipinski definition) is 1. The molecule has 6 nitrogen and oxygen atoms in total. The van der Waals surface area contributed by atoms with Crippen molar-refractivity contribution in [3.05, 3.63) is 35.5 Å². The Hall–Kier alpha value is -1.41. The molecule has 1 amide bonds. The summed E-state index contributed by atoms with van der Waals surface area (Å²) in [7, 11) is 2.13. The van der Waals surface area contributed by atoms with Crippen LogP contribution < -0.4 is 5.32 Å².